The summed E-state index contributed by atoms with van der Waals surface area (Å²) in [5, 5.41) is 9.77. The van der Waals surface area contributed by atoms with Crippen molar-refractivity contribution < 1.29 is 13.9 Å². The highest BCUT2D eigenvalue weighted by atomic mass is 32.2. The number of ether oxygens (including phenoxy) is 2. The van der Waals surface area contributed by atoms with Crippen molar-refractivity contribution in [3.8, 4) is 0 Å². The first-order chi connectivity index (χ1) is 12.7. The molecule has 0 bridgehead atoms. The van der Waals surface area contributed by atoms with Crippen LogP contribution in [-0.2, 0) is 29.7 Å². The molecule has 0 saturated carbocycles. The third-order valence-corrected chi connectivity index (χ3v) is 5.71. The van der Waals surface area contributed by atoms with E-state index in [0.29, 0.717) is 12.5 Å². The van der Waals surface area contributed by atoms with Crippen LogP contribution in [0.2, 0.25) is 0 Å². The van der Waals surface area contributed by atoms with E-state index in [1.807, 2.05) is 12.1 Å². The molecular weight excluding hydrogens is 352 g/mol. The van der Waals surface area contributed by atoms with Gasteiger partial charge in [0.15, 0.2) is 5.16 Å². The molecule has 7 nitrogen and oxygen atoms in total. The molecule has 0 aliphatic carbocycles. The zero-order valence-corrected chi connectivity index (χ0v) is 16.6. The van der Waals surface area contributed by atoms with Gasteiger partial charge in [-0.2, -0.15) is 0 Å². The SMILES string of the molecule is COCCSc1nnc(C2CCN(Cc3ccc(COC)o3)CC2)n1C. The fraction of sp³-hybridized carbons (Fsp3) is 0.667. The lowest BCUT2D eigenvalue weighted by Crippen LogP contribution is -2.33. The van der Waals surface area contributed by atoms with Gasteiger partial charge in [-0.25, -0.2) is 0 Å². The van der Waals surface area contributed by atoms with Crippen LogP contribution < -0.4 is 0 Å². The Hall–Kier alpha value is -1.35. The highest BCUT2D eigenvalue weighted by Gasteiger charge is 2.25. The van der Waals surface area contributed by atoms with E-state index in [9.17, 15) is 0 Å². The molecule has 2 aromatic rings. The van der Waals surface area contributed by atoms with Gasteiger partial charge in [-0.1, -0.05) is 11.8 Å². The molecule has 0 amide bonds. The van der Waals surface area contributed by atoms with Gasteiger partial charge in [-0.3, -0.25) is 4.90 Å². The highest BCUT2D eigenvalue weighted by Crippen LogP contribution is 2.29. The van der Waals surface area contributed by atoms with E-state index >= 15 is 0 Å². The second kappa shape index (κ2) is 9.55. The van der Waals surface area contributed by atoms with Crippen molar-refractivity contribution >= 4 is 11.8 Å². The topological polar surface area (TPSA) is 65.6 Å². The Kier molecular flexibility index (Phi) is 7.13. The maximum Gasteiger partial charge on any atom is 0.191 e. The molecule has 1 saturated heterocycles. The highest BCUT2D eigenvalue weighted by molar-refractivity contribution is 7.99. The minimum absolute atomic E-state index is 0.473. The van der Waals surface area contributed by atoms with Crippen LogP contribution in [0.15, 0.2) is 21.7 Å². The number of nitrogens with zero attached hydrogens (tertiary/aromatic N) is 4. The molecule has 3 heterocycles. The summed E-state index contributed by atoms with van der Waals surface area (Å²) in [5.74, 6) is 4.36. The normalized spacial score (nSPS) is 16.4. The lowest BCUT2D eigenvalue weighted by molar-refractivity contribution is 0.154. The van der Waals surface area contributed by atoms with E-state index in [0.717, 1.165) is 67.3 Å². The Morgan fingerprint density at radius 2 is 1.92 bits per heavy atom. The number of hydrogen-bond acceptors (Lipinski definition) is 7. The van der Waals surface area contributed by atoms with E-state index in [4.69, 9.17) is 13.9 Å². The predicted octanol–water partition coefficient (Wildman–Crippen LogP) is 2.67. The number of rotatable bonds is 9. The summed E-state index contributed by atoms with van der Waals surface area (Å²) in [6, 6.07) is 4.04. The summed E-state index contributed by atoms with van der Waals surface area (Å²) in [6.07, 6.45) is 2.20. The number of aromatic nitrogens is 3. The van der Waals surface area contributed by atoms with Crippen LogP contribution in [0.5, 0.6) is 0 Å². The standard InChI is InChI=1S/C18H28N4O3S/c1-21-17(19-20-18(21)26-11-10-23-2)14-6-8-22(9-7-14)12-15-4-5-16(25-15)13-24-3/h4-5,14H,6-13H2,1-3H3. The second-order valence-corrected chi connectivity index (χ2v) is 7.65. The molecule has 0 atom stereocenters. The number of thioether (sulfide) groups is 1. The zero-order valence-electron chi connectivity index (χ0n) is 15.8. The zero-order chi connectivity index (χ0) is 18.4. The largest absolute Gasteiger partial charge is 0.462 e. The van der Waals surface area contributed by atoms with Gasteiger partial charge in [-0.05, 0) is 38.1 Å². The van der Waals surface area contributed by atoms with Crippen molar-refractivity contribution in [3.05, 3.63) is 29.5 Å². The maximum atomic E-state index is 5.80. The molecule has 2 aromatic heterocycles. The second-order valence-electron chi connectivity index (χ2n) is 6.59. The summed E-state index contributed by atoms with van der Waals surface area (Å²) in [4.78, 5) is 2.44. The predicted molar refractivity (Wildman–Crippen MR) is 100 cm³/mol. The molecule has 1 aliphatic rings. The molecule has 0 aromatic carbocycles. The van der Waals surface area contributed by atoms with Gasteiger partial charge in [0, 0.05) is 32.9 Å². The van der Waals surface area contributed by atoms with Gasteiger partial charge in [0.25, 0.3) is 0 Å². The van der Waals surface area contributed by atoms with E-state index in [1.54, 1.807) is 26.0 Å². The molecule has 1 aliphatic heterocycles. The third-order valence-electron chi connectivity index (χ3n) is 4.72. The van der Waals surface area contributed by atoms with Crippen LogP contribution in [0.3, 0.4) is 0 Å². The summed E-state index contributed by atoms with van der Waals surface area (Å²) < 4.78 is 18.2. The van der Waals surface area contributed by atoms with Gasteiger partial charge in [0.1, 0.15) is 24.0 Å². The Morgan fingerprint density at radius 1 is 1.15 bits per heavy atom. The molecule has 3 rings (SSSR count). The Morgan fingerprint density at radius 3 is 2.65 bits per heavy atom. The quantitative estimate of drug-likeness (QED) is 0.489. The number of likely N-dealkylation sites (tertiary alicyclic amines) is 1. The van der Waals surface area contributed by atoms with Gasteiger partial charge in [0.2, 0.25) is 0 Å². The maximum absolute atomic E-state index is 5.80. The summed E-state index contributed by atoms with van der Waals surface area (Å²) >= 11 is 1.70. The molecule has 26 heavy (non-hydrogen) atoms. The van der Waals surface area contributed by atoms with Gasteiger partial charge < -0.3 is 18.5 Å². The van der Waals surface area contributed by atoms with Gasteiger partial charge in [0.05, 0.1) is 13.2 Å². The smallest absolute Gasteiger partial charge is 0.191 e. The lowest BCUT2D eigenvalue weighted by Gasteiger charge is -2.30. The molecule has 8 heteroatoms. The average molecular weight is 381 g/mol. The molecule has 0 radical (unpaired) electrons. The number of methoxy groups -OCH3 is 2. The van der Waals surface area contributed by atoms with Crippen LogP contribution in [0.1, 0.15) is 36.1 Å². The van der Waals surface area contributed by atoms with Crippen LogP contribution in [0.4, 0.5) is 0 Å². The molecule has 0 spiro atoms. The first kappa shape index (κ1) is 19.4. The summed E-state index contributed by atoms with van der Waals surface area (Å²) in [6.45, 7) is 4.20. The molecule has 144 valence electrons. The monoisotopic (exact) mass is 380 g/mol. The number of piperidine rings is 1. The van der Waals surface area contributed by atoms with Crippen molar-refractivity contribution in [1.82, 2.24) is 19.7 Å². The van der Waals surface area contributed by atoms with E-state index in [1.165, 1.54) is 0 Å². The van der Waals surface area contributed by atoms with Gasteiger partial charge >= 0.3 is 0 Å². The van der Waals surface area contributed by atoms with Crippen molar-refractivity contribution in [1.29, 1.82) is 0 Å². The van der Waals surface area contributed by atoms with Crippen molar-refractivity contribution in [2.45, 2.75) is 37.1 Å². The number of furan rings is 1. The fourth-order valence-corrected chi connectivity index (χ4v) is 4.14. The molecular formula is C18H28N4O3S. The Labute approximate surface area is 159 Å². The lowest BCUT2D eigenvalue weighted by atomic mass is 9.96. The van der Waals surface area contributed by atoms with E-state index < -0.39 is 0 Å². The average Bonchev–Trinajstić information content (AvgIpc) is 3.23. The summed E-state index contributed by atoms with van der Waals surface area (Å²) in [5.41, 5.74) is 0. The third kappa shape index (κ3) is 4.88. The first-order valence-corrected chi connectivity index (χ1v) is 9.99. The van der Waals surface area contributed by atoms with Crippen LogP contribution >= 0.6 is 11.8 Å². The van der Waals surface area contributed by atoms with Gasteiger partial charge in [-0.15, -0.1) is 10.2 Å². The van der Waals surface area contributed by atoms with Crippen molar-refractivity contribution in [2.75, 3.05) is 39.7 Å². The molecule has 1 fully saturated rings. The van der Waals surface area contributed by atoms with Crippen molar-refractivity contribution in [2.24, 2.45) is 7.05 Å². The minimum atomic E-state index is 0.473. The number of hydrogen-bond donors (Lipinski definition) is 0. The van der Waals surface area contributed by atoms with E-state index in [2.05, 4.69) is 26.7 Å². The van der Waals surface area contributed by atoms with Crippen LogP contribution in [-0.4, -0.2) is 59.3 Å². The van der Waals surface area contributed by atoms with Crippen LogP contribution in [0, 0.1) is 0 Å². The molecule has 0 unspecified atom stereocenters. The van der Waals surface area contributed by atoms with Crippen molar-refractivity contribution in [3.63, 3.8) is 0 Å². The Balaban J connectivity index is 1.50. The molecule has 0 N–H and O–H groups in total. The first-order valence-electron chi connectivity index (χ1n) is 9.01. The summed E-state index contributed by atoms with van der Waals surface area (Å²) in [7, 11) is 5.47. The van der Waals surface area contributed by atoms with Crippen LogP contribution in [0.25, 0.3) is 0 Å². The fourth-order valence-electron chi connectivity index (χ4n) is 3.32. The Bertz CT molecular complexity index is 680. The van der Waals surface area contributed by atoms with E-state index in [-0.39, 0.29) is 0 Å². The minimum Gasteiger partial charge on any atom is -0.462 e.